The van der Waals surface area contributed by atoms with E-state index in [0.717, 1.165) is 11.1 Å². The first-order valence-corrected chi connectivity index (χ1v) is 9.37. The minimum atomic E-state index is -2.91. The van der Waals surface area contributed by atoms with Crippen LogP contribution >= 0.6 is 0 Å². The molecular formula is C21H20F3N3O2. The summed E-state index contributed by atoms with van der Waals surface area (Å²) in [6.07, 6.45) is 0.865. The van der Waals surface area contributed by atoms with Crippen molar-refractivity contribution < 1.29 is 23.1 Å². The van der Waals surface area contributed by atoms with Crippen molar-refractivity contribution in [2.24, 2.45) is 0 Å². The quantitative estimate of drug-likeness (QED) is 0.701. The van der Waals surface area contributed by atoms with Gasteiger partial charge in [-0.1, -0.05) is 12.1 Å². The van der Waals surface area contributed by atoms with Gasteiger partial charge in [-0.15, -0.1) is 0 Å². The Bertz CT molecular complexity index is 1030. The Morgan fingerprint density at radius 3 is 2.76 bits per heavy atom. The largest absolute Gasteiger partial charge is 0.391 e. The molecule has 1 amide bonds. The standard InChI is InChI=1S/C21H20F3N3O2/c22-14-5-3-13(4-6-14)11-27-12-15(19-17(27)2-1-9-25-19)20(29)26-16-7-8-21(23,24)10-18(16)28/h1-6,9,12,16,18,28H,7-8,10-11H2,(H,26,29)/t16-,18+/m1/s1. The number of hydrogen-bond acceptors (Lipinski definition) is 3. The molecule has 0 saturated heterocycles. The number of aliphatic hydroxyl groups is 1. The zero-order valence-corrected chi connectivity index (χ0v) is 15.5. The average Bonchev–Trinajstić information content (AvgIpc) is 3.04. The molecule has 1 aliphatic rings. The van der Waals surface area contributed by atoms with Gasteiger partial charge in [0.2, 0.25) is 0 Å². The molecule has 1 aromatic carbocycles. The predicted molar refractivity (Wildman–Crippen MR) is 101 cm³/mol. The molecule has 0 bridgehead atoms. The molecular weight excluding hydrogens is 383 g/mol. The number of alkyl halides is 2. The maximum absolute atomic E-state index is 13.4. The summed E-state index contributed by atoms with van der Waals surface area (Å²) in [5.74, 6) is -3.71. The van der Waals surface area contributed by atoms with Gasteiger partial charge in [0, 0.05) is 31.8 Å². The zero-order valence-electron chi connectivity index (χ0n) is 15.5. The fraction of sp³-hybridized carbons (Fsp3) is 0.333. The van der Waals surface area contributed by atoms with Crippen LogP contribution in [-0.2, 0) is 6.54 Å². The van der Waals surface area contributed by atoms with Crippen LogP contribution in [0.2, 0.25) is 0 Å². The highest BCUT2D eigenvalue weighted by Crippen LogP contribution is 2.33. The van der Waals surface area contributed by atoms with E-state index in [2.05, 4.69) is 10.3 Å². The topological polar surface area (TPSA) is 67.2 Å². The molecule has 0 spiro atoms. The van der Waals surface area contributed by atoms with Crippen LogP contribution in [0.5, 0.6) is 0 Å². The van der Waals surface area contributed by atoms with Gasteiger partial charge >= 0.3 is 0 Å². The number of fused-ring (bicyclic) bond motifs is 1. The first-order valence-electron chi connectivity index (χ1n) is 9.37. The summed E-state index contributed by atoms with van der Waals surface area (Å²) in [5.41, 5.74) is 2.34. The second-order valence-corrected chi connectivity index (χ2v) is 7.41. The van der Waals surface area contributed by atoms with Crippen molar-refractivity contribution in [2.75, 3.05) is 0 Å². The van der Waals surface area contributed by atoms with Gasteiger partial charge in [0.1, 0.15) is 11.3 Å². The second-order valence-electron chi connectivity index (χ2n) is 7.41. The van der Waals surface area contributed by atoms with Crippen molar-refractivity contribution in [3.8, 4) is 0 Å². The molecule has 4 rings (SSSR count). The van der Waals surface area contributed by atoms with E-state index in [4.69, 9.17) is 0 Å². The monoisotopic (exact) mass is 403 g/mol. The Morgan fingerprint density at radius 1 is 1.28 bits per heavy atom. The lowest BCUT2D eigenvalue weighted by atomic mass is 9.89. The number of carbonyl (C=O) groups excluding carboxylic acids is 1. The third-order valence-corrected chi connectivity index (χ3v) is 5.26. The summed E-state index contributed by atoms with van der Waals surface area (Å²) >= 11 is 0. The third kappa shape index (κ3) is 4.12. The van der Waals surface area contributed by atoms with Crippen LogP contribution in [0.1, 0.15) is 35.2 Å². The van der Waals surface area contributed by atoms with Gasteiger partial charge in [-0.2, -0.15) is 0 Å². The lowest BCUT2D eigenvalue weighted by molar-refractivity contribution is -0.0862. The van der Waals surface area contributed by atoms with Crippen LogP contribution < -0.4 is 5.32 Å². The summed E-state index contributed by atoms with van der Waals surface area (Å²) < 4.78 is 41.8. The maximum atomic E-state index is 13.4. The van der Waals surface area contributed by atoms with Crippen LogP contribution in [0.3, 0.4) is 0 Å². The highest BCUT2D eigenvalue weighted by Gasteiger charge is 2.41. The normalized spacial score (nSPS) is 21.2. The molecule has 0 aliphatic heterocycles. The van der Waals surface area contributed by atoms with Gasteiger partial charge in [-0.25, -0.2) is 13.2 Å². The number of hydrogen-bond donors (Lipinski definition) is 2. The van der Waals surface area contributed by atoms with Gasteiger partial charge < -0.3 is 15.0 Å². The highest BCUT2D eigenvalue weighted by molar-refractivity contribution is 6.05. The summed E-state index contributed by atoms with van der Waals surface area (Å²) in [6.45, 7) is 0.411. The van der Waals surface area contributed by atoms with E-state index in [1.165, 1.54) is 12.1 Å². The van der Waals surface area contributed by atoms with Crippen LogP contribution in [0, 0.1) is 5.82 Å². The molecule has 2 atom stereocenters. The SMILES string of the molecule is O=C(N[C@@H]1CCC(F)(F)C[C@@H]1O)c1cn(Cc2ccc(F)cc2)c2cccnc12. The molecule has 1 aliphatic carbocycles. The van der Waals surface area contributed by atoms with Crippen LogP contribution in [0.25, 0.3) is 11.0 Å². The lowest BCUT2D eigenvalue weighted by Crippen LogP contribution is -2.49. The van der Waals surface area contributed by atoms with Crippen molar-refractivity contribution in [1.82, 2.24) is 14.9 Å². The molecule has 1 fully saturated rings. The first-order chi connectivity index (χ1) is 13.8. The maximum Gasteiger partial charge on any atom is 0.255 e. The molecule has 2 N–H and O–H groups in total. The van der Waals surface area contributed by atoms with Gasteiger partial charge in [0.15, 0.2) is 0 Å². The van der Waals surface area contributed by atoms with E-state index in [1.807, 2.05) is 10.6 Å². The molecule has 3 aromatic rings. The third-order valence-electron chi connectivity index (χ3n) is 5.26. The number of aromatic nitrogens is 2. The van der Waals surface area contributed by atoms with Gasteiger partial charge in [0.25, 0.3) is 11.8 Å². The summed E-state index contributed by atoms with van der Waals surface area (Å²) in [7, 11) is 0. The van der Waals surface area contributed by atoms with E-state index in [-0.39, 0.29) is 18.7 Å². The minimum Gasteiger partial charge on any atom is -0.391 e. The predicted octanol–water partition coefficient (Wildman–Crippen LogP) is 3.50. The van der Waals surface area contributed by atoms with Gasteiger partial charge in [-0.3, -0.25) is 9.78 Å². The average molecular weight is 403 g/mol. The highest BCUT2D eigenvalue weighted by atomic mass is 19.3. The molecule has 5 nitrogen and oxygen atoms in total. The molecule has 29 heavy (non-hydrogen) atoms. The number of carbonyl (C=O) groups is 1. The molecule has 152 valence electrons. The Morgan fingerprint density at radius 2 is 2.03 bits per heavy atom. The van der Waals surface area contributed by atoms with Crippen molar-refractivity contribution >= 4 is 16.9 Å². The van der Waals surface area contributed by atoms with Crippen molar-refractivity contribution in [1.29, 1.82) is 0 Å². The Kier molecular flexibility index (Phi) is 5.04. The molecule has 0 unspecified atom stereocenters. The smallest absolute Gasteiger partial charge is 0.255 e. The fourth-order valence-electron chi connectivity index (χ4n) is 3.73. The molecule has 8 heteroatoms. The number of amides is 1. The second kappa shape index (κ2) is 7.51. The number of nitrogens with one attached hydrogen (secondary N) is 1. The Hall–Kier alpha value is -2.87. The number of rotatable bonds is 4. The van der Waals surface area contributed by atoms with Crippen LogP contribution in [-0.4, -0.2) is 38.6 Å². The molecule has 2 aromatic heterocycles. The van der Waals surface area contributed by atoms with Gasteiger partial charge in [0.05, 0.1) is 23.2 Å². The minimum absolute atomic E-state index is 0.00154. The van der Waals surface area contributed by atoms with Crippen molar-refractivity contribution in [3.05, 3.63) is 65.7 Å². The van der Waals surface area contributed by atoms with E-state index in [9.17, 15) is 23.1 Å². The molecule has 2 heterocycles. The van der Waals surface area contributed by atoms with E-state index in [0.29, 0.717) is 17.6 Å². The Balaban J connectivity index is 1.59. The van der Waals surface area contributed by atoms with E-state index in [1.54, 1.807) is 30.6 Å². The number of aliphatic hydroxyl groups excluding tert-OH is 1. The first kappa shape index (κ1) is 19.4. The van der Waals surface area contributed by atoms with Crippen molar-refractivity contribution in [2.45, 2.75) is 43.9 Å². The summed E-state index contributed by atoms with van der Waals surface area (Å²) in [5, 5.41) is 12.7. The number of halogens is 3. The van der Waals surface area contributed by atoms with E-state index < -0.39 is 30.4 Å². The summed E-state index contributed by atoms with van der Waals surface area (Å²) in [6, 6.07) is 8.89. The number of benzene rings is 1. The van der Waals surface area contributed by atoms with Crippen LogP contribution in [0.15, 0.2) is 48.8 Å². The molecule has 0 radical (unpaired) electrons. The van der Waals surface area contributed by atoms with Crippen molar-refractivity contribution in [3.63, 3.8) is 0 Å². The number of nitrogens with zero attached hydrogens (tertiary/aromatic N) is 2. The Labute approximate surface area is 165 Å². The van der Waals surface area contributed by atoms with E-state index >= 15 is 0 Å². The van der Waals surface area contributed by atoms with Gasteiger partial charge in [-0.05, 0) is 36.2 Å². The number of pyridine rings is 1. The lowest BCUT2D eigenvalue weighted by Gasteiger charge is -2.33. The molecule has 1 saturated carbocycles. The fourth-order valence-corrected chi connectivity index (χ4v) is 3.73. The zero-order chi connectivity index (χ0) is 20.6. The summed E-state index contributed by atoms with van der Waals surface area (Å²) in [4.78, 5) is 17.1. The van der Waals surface area contributed by atoms with Crippen LogP contribution in [0.4, 0.5) is 13.2 Å².